The molecule has 128 valence electrons. The molecule has 1 saturated heterocycles. The van der Waals surface area contributed by atoms with Gasteiger partial charge in [0.05, 0.1) is 11.3 Å². The van der Waals surface area contributed by atoms with Gasteiger partial charge in [-0.3, -0.25) is 9.48 Å². The van der Waals surface area contributed by atoms with Crippen LogP contribution in [0.4, 0.5) is 0 Å². The Kier molecular flexibility index (Phi) is 3.86. The molecule has 3 heterocycles. The normalized spacial score (nSPS) is 21.8. The van der Waals surface area contributed by atoms with Gasteiger partial charge in [-0.05, 0) is 39.0 Å². The van der Waals surface area contributed by atoms with E-state index in [0.29, 0.717) is 17.4 Å². The predicted molar refractivity (Wildman–Crippen MR) is 86.5 cm³/mol. The van der Waals surface area contributed by atoms with Gasteiger partial charge in [-0.15, -0.1) is 10.2 Å². The monoisotopic (exact) mass is 329 g/mol. The SMILES string of the molecule is Cc1nn(C)cc1C(=O)N1CCCC[C@H]1c1nnc(C2CCC2)o1. The summed E-state index contributed by atoms with van der Waals surface area (Å²) in [6.07, 6.45) is 8.23. The molecule has 0 spiro atoms. The van der Waals surface area contributed by atoms with Gasteiger partial charge in [-0.2, -0.15) is 5.10 Å². The summed E-state index contributed by atoms with van der Waals surface area (Å²) in [6, 6.07) is -0.118. The van der Waals surface area contributed by atoms with Crippen LogP contribution < -0.4 is 0 Å². The number of hydrogen-bond donors (Lipinski definition) is 0. The molecule has 0 unspecified atom stereocenters. The Labute approximate surface area is 141 Å². The summed E-state index contributed by atoms with van der Waals surface area (Å²) in [6.45, 7) is 2.59. The molecule has 4 rings (SSSR count). The highest BCUT2D eigenvalue weighted by Gasteiger charge is 2.35. The predicted octanol–water partition coefficient (Wildman–Crippen LogP) is 2.75. The number of amides is 1. The fourth-order valence-corrected chi connectivity index (χ4v) is 3.60. The van der Waals surface area contributed by atoms with Crippen molar-refractivity contribution in [2.24, 2.45) is 7.05 Å². The van der Waals surface area contributed by atoms with Crippen molar-refractivity contribution in [2.45, 2.75) is 57.4 Å². The minimum Gasteiger partial charge on any atom is -0.423 e. The fraction of sp³-hybridized carbons (Fsp3) is 0.647. The van der Waals surface area contributed by atoms with Crippen molar-refractivity contribution in [3.63, 3.8) is 0 Å². The third kappa shape index (κ3) is 2.61. The first-order valence-corrected chi connectivity index (χ1v) is 8.78. The highest BCUT2D eigenvalue weighted by molar-refractivity contribution is 5.95. The van der Waals surface area contributed by atoms with Gasteiger partial charge in [0.2, 0.25) is 11.8 Å². The quantitative estimate of drug-likeness (QED) is 0.865. The second kappa shape index (κ2) is 6.03. The summed E-state index contributed by atoms with van der Waals surface area (Å²) < 4.78 is 7.63. The summed E-state index contributed by atoms with van der Waals surface area (Å²) in [5.74, 6) is 1.76. The molecule has 0 N–H and O–H groups in total. The maximum Gasteiger partial charge on any atom is 0.258 e. The minimum atomic E-state index is -0.118. The Morgan fingerprint density at radius 3 is 2.62 bits per heavy atom. The van der Waals surface area contributed by atoms with Crippen molar-refractivity contribution < 1.29 is 9.21 Å². The molecular formula is C17H23N5O2. The molecule has 1 aliphatic heterocycles. The van der Waals surface area contributed by atoms with E-state index in [1.54, 1.807) is 10.9 Å². The molecule has 1 atom stereocenters. The van der Waals surface area contributed by atoms with Gasteiger partial charge >= 0.3 is 0 Å². The first-order chi connectivity index (χ1) is 11.6. The van der Waals surface area contributed by atoms with Crippen LogP contribution >= 0.6 is 0 Å². The number of rotatable bonds is 3. The molecule has 2 aromatic rings. The number of hydrogen-bond acceptors (Lipinski definition) is 5. The van der Waals surface area contributed by atoms with Crippen LogP contribution in [0.1, 0.15) is 78.3 Å². The second-order valence-corrected chi connectivity index (χ2v) is 6.92. The first kappa shape index (κ1) is 15.4. The smallest absolute Gasteiger partial charge is 0.258 e. The molecule has 24 heavy (non-hydrogen) atoms. The van der Waals surface area contributed by atoms with Crippen LogP contribution in [0.3, 0.4) is 0 Å². The van der Waals surface area contributed by atoms with Crippen LogP contribution in [-0.4, -0.2) is 37.3 Å². The summed E-state index contributed by atoms with van der Waals surface area (Å²) in [5, 5.41) is 12.8. The molecule has 0 radical (unpaired) electrons. The number of aryl methyl sites for hydroxylation is 2. The highest BCUT2D eigenvalue weighted by Crippen LogP contribution is 2.38. The van der Waals surface area contributed by atoms with E-state index in [4.69, 9.17) is 4.42 Å². The van der Waals surface area contributed by atoms with E-state index in [0.717, 1.165) is 50.2 Å². The molecule has 2 fully saturated rings. The summed E-state index contributed by atoms with van der Waals surface area (Å²) in [7, 11) is 1.83. The van der Waals surface area contributed by atoms with E-state index in [-0.39, 0.29) is 11.9 Å². The van der Waals surface area contributed by atoms with Gasteiger partial charge in [0.25, 0.3) is 5.91 Å². The number of nitrogens with zero attached hydrogens (tertiary/aromatic N) is 5. The molecule has 1 saturated carbocycles. The topological polar surface area (TPSA) is 77.1 Å². The van der Waals surface area contributed by atoms with E-state index in [1.165, 1.54) is 6.42 Å². The number of carbonyl (C=O) groups is 1. The number of carbonyl (C=O) groups excluding carboxylic acids is 1. The number of likely N-dealkylation sites (tertiary alicyclic amines) is 1. The van der Waals surface area contributed by atoms with Gasteiger partial charge in [0.15, 0.2) is 0 Å². The van der Waals surface area contributed by atoms with Crippen molar-refractivity contribution >= 4 is 5.91 Å². The van der Waals surface area contributed by atoms with Gasteiger partial charge in [-0.25, -0.2) is 0 Å². The largest absolute Gasteiger partial charge is 0.423 e. The Hall–Kier alpha value is -2.18. The van der Waals surface area contributed by atoms with Crippen LogP contribution in [0, 0.1) is 6.92 Å². The van der Waals surface area contributed by atoms with Gasteiger partial charge in [0.1, 0.15) is 6.04 Å². The zero-order valence-corrected chi connectivity index (χ0v) is 14.2. The van der Waals surface area contributed by atoms with Crippen LogP contribution in [-0.2, 0) is 7.05 Å². The lowest BCUT2D eigenvalue weighted by molar-refractivity contribution is 0.0567. The maximum atomic E-state index is 13.0. The van der Waals surface area contributed by atoms with E-state index in [9.17, 15) is 4.79 Å². The molecule has 7 heteroatoms. The van der Waals surface area contributed by atoms with Crippen molar-refractivity contribution in [3.05, 3.63) is 29.2 Å². The summed E-state index contributed by atoms with van der Waals surface area (Å²) in [4.78, 5) is 14.9. The molecule has 0 aromatic carbocycles. The third-order valence-corrected chi connectivity index (χ3v) is 5.20. The molecule has 1 aliphatic carbocycles. The lowest BCUT2D eigenvalue weighted by atomic mass is 9.85. The van der Waals surface area contributed by atoms with Crippen LogP contribution in [0.15, 0.2) is 10.6 Å². The standard InChI is InChI=1S/C17H23N5O2/c1-11-13(10-21(2)20-11)17(23)22-9-4-3-8-14(22)16-19-18-15(24-16)12-6-5-7-12/h10,12,14H,3-9H2,1-2H3/t14-/m0/s1. The number of aromatic nitrogens is 4. The summed E-state index contributed by atoms with van der Waals surface area (Å²) in [5.41, 5.74) is 1.41. The van der Waals surface area contributed by atoms with E-state index in [1.807, 2.05) is 18.9 Å². The van der Waals surface area contributed by atoms with Crippen LogP contribution in [0.5, 0.6) is 0 Å². The Balaban J connectivity index is 1.59. The molecule has 2 aromatic heterocycles. The fourth-order valence-electron chi connectivity index (χ4n) is 3.60. The second-order valence-electron chi connectivity index (χ2n) is 6.92. The number of piperidine rings is 1. The molecular weight excluding hydrogens is 306 g/mol. The zero-order valence-electron chi connectivity index (χ0n) is 14.2. The molecule has 7 nitrogen and oxygen atoms in total. The average molecular weight is 329 g/mol. The van der Waals surface area contributed by atoms with Crippen molar-refractivity contribution in [3.8, 4) is 0 Å². The van der Waals surface area contributed by atoms with Crippen LogP contribution in [0.2, 0.25) is 0 Å². The first-order valence-electron chi connectivity index (χ1n) is 8.78. The van der Waals surface area contributed by atoms with E-state index in [2.05, 4.69) is 15.3 Å². The minimum absolute atomic E-state index is 0.00805. The van der Waals surface area contributed by atoms with Gasteiger partial charge in [-0.1, -0.05) is 6.42 Å². The third-order valence-electron chi connectivity index (χ3n) is 5.20. The Morgan fingerprint density at radius 1 is 1.17 bits per heavy atom. The maximum absolute atomic E-state index is 13.0. The summed E-state index contributed by atoms with van der Waals surface area (Å²) >= 11 is 0. The van der Waals surface area contributed by atoms with Gasteiger partial charge in [0, 0.05) is 25.7 Å². The van der Waals surface area contributed by atoms with Crippen LogP contribution in [0.25, 0.3) is 0 Å². The lowest BCUT2D eigenvalue weighted by Crippen LogP contribution is -2.38. The van der Waals surface area contributed by atoms with Crippen molar-refractivity contribution in [1.82, 2.24) is 24.9 Å². The molecule has 2 aliphatic rings. The van der Waals surface area contributed by atoms with Crippen molar-refractivity contribution in [2.75, 3.05) is 6.54 Å². The lowest BCUT2D eigenvalue weighted by Gasteiger charge is -2.33. The van der Waals surface area contributed by atoms with Gasteiger partial charge < -0.3 is 9.32 Å². The van der Waals surface area contributed by atoms with Crippen molar-refractivity contribution in [1.29, 1.82) is 0 Å². The molecule has 0 bridgehead atoms. The molecule has 1 amide bonds. The highest BCUT2D eigenvalue weighted by atomic mass is 16.4. The zero-order chi connectivity index (χ0) is 16.7. The Bertz CT molecular complexity index is 746. The van der Waals surface area contributed by atoms with E-state index < -0.39 is 0 Å². The average Bonchev–Trinajstić information content (AvgIpc) is 3.12. The Morgan fingerprint density at radius 2 is 1.96 bits per heavy atom. The van der Waals surface area contributed by atoms with E-state index >= 15 is 0 Å².